The molecular weight excluding hydrogens is 248 g/mol. The van der Waals surface area contributed by atoms with Crippen LogP contribution in [-0.4, -0.2) is 30.6 Å². The Labute approximate surface area is 101 Å². The SMILES string of the molecule is CNC(=O)CCOc1c(F)cc(C(=O)O)cc1F. The van der Waals surface area contributed by atoms with Gasteiger partial charge in [-0.25, -0.2) is 13.6 Å². The van der Waals surface area contributed by atoms with E-state index < -0.39 is 28.9 Å². The minimum Gasteiger partial charge on any atom is -0.487 e. The Morgan fingerprint density at radius 3 is 2.33 bits per heavy atom. The Balaban J connectivity index is 2.78. The molecular formula is C11H11F2NO4. The van der Waals surface area contributed by atoms with Crippen molar-refractivity contribution in [1.82, 2.24) is 5.32 Å². The second-order valence-corrected chi connectivity index (χ2v) is 3.35. The summed E-state index contributed by atoms with van der Waals surface area (Å²) in [5, 5.41) is 10.9. The van der Waals surface area contributed by atoms with Crippen molar-refractivity contribution in [3.8, 4) is 5.75 Å². The van der Waals surface area contributed by atoms with Crippen molar-refractivity contribution in [2.45, 2.75) is 6.42 Å². The summed E-state index contributed by atoms with van der Waals surface area (Å²) in [6.45, 7) is -0.208. The van der Waals surface area contributed by atoms with Gasteiger partial charge in [0.25, 0.3) is 0 Å². The minimum atomic E-state index is -1.44. The van der Waals surface area contributed by atoms with Gasteiger partial charge in [0.1, 0.15) is 0 Å². The Kier molecular flexibility index (Phi) is 4.59. The first-order valence-electron chi connectivity index (χ1n) is 5.01. The first kappa shape index (κ1) is 13.9. The van der Waals surface area contributed by atoms with E-state index in [-0.39, 0.29) is 18.9 Å². The number of ether oxygens (including phenoxy) is 1. The number of carboxylic acid groups (broad SMARTS) is 1. The fourth-order valence-electron chi connectivity index (χ4n) is 1.19. The van der Waals surface area contributed by atoms with Crippen LogP contribution in [0.15, 0.2) is 12.1 Å². The van der Waals surface area contributed by atoms with E-state index in [1.165, 1.54) is 7.05 Å². The molecule has 2 N–H and O–H groups in total. The molecule has 5 nitrogen and oxygen atoms in total. The van der Waals surface area contributed by atoms with Crippen molar-refractivity contribution in [3.05, 3.63) is 29.3 Å². The molecule has 0 atom stereocenters. The largest absolute Gasteiger partial charge is 0.487 e. The number of carbonyl (C=O) groups excluding carboxylic acids is 1. The molecule has 1 aromatic rings. The molecule has 7 heteroatoms. The summed E-state index contributed by atoms with van der Waals surface area (Å²) in [5.41, 5.74) is -0.511. The van der Waals surface area contributed by atoms with Crippen LogP contribution < -0.4 is 10.1 Å². The van der Waals surface area contributed by atoms with Gasteiger partial charge in [0, 0.05) is 7.05 Å². The van der Waals surface area contributed by atoms with E-state index in [0.29, 0.717) is 12.1 Å². The third-order valence-corrected chi connectivity index (χ3v) is 2.10. The lowest BCUT2D eigenvalue weighted by molar-refractivity contribution is -0.121. The predicted octanol–water partition coefficient (Wildman–Crippen LogP) is 1.18. The van der Waals surface area contributed by atoms with Crippen LogP contribution in [0.1, 0.15) is 16.8 Å². The van der Waals surface area contributed by atoms with Crippen molar-refractivity contribution < 1.29 is 28.2 Å². The van der Waals surface area contributed by atoms with E-state index >= 15 is 0 Å². The smallest absolute Gasteiger partial charge is 0.335 e. The van der Waals surface area contributed by atoms with E-state index in [2.05, 4.69) is 5.32 Å². The number of nitrogens with one attached hydrogen (secondary N) is 1. The molecule has 0 aliphatic heterocycles. The van der Waals surface area contributed by atoms with Gasteiger partial charge in [0.2, 0.25) is 5.91 Å². The zero-order chi connectivity index (χ0) is 13.7. The van der Waals surface area contributed by atoms with Gasteiger partial charge in [-0.3, -0.25) is 4.79 Å². The third kappa shape index (κ3) is 3.41. The zero-order valence-electron chi connectivity index (χ0n) is 9.50. The highest BCUT2D eigenvalue weighted by Crippen LogP contribution is 2.23. The van der Waals surface area contributed by atoms with Gasteiger partial charge in [0.15, 0.2) is 17.4 Å². The predicted molar refractivity (Wildman–Crippen MR) is 57.5 cm³/mol. The molecule has 0 spiro atoms. The molecule has 1 amide bonds. The number of rotatable bonds is 5. The minimum absolute atomic E-state index is 0.0595. The van der Waals surface area contributed by atoms with Gasteiger partial charge in [-0.1, -0.05) is 0 Å². The third-order valence-electron chi connectivity index (χ3n) is 2.10. The Hall–Kier alpha value is -2.18. The lowest BCUT2D eigenvalue weighted by Gasteiger charge is -2.08. The molecule has 0 fully saturated rings. The average Bonchev–Trinajstić information content (AvgIpc) is 2.31. The molecule has 0 bridgehead atoms. The van der Waals surface area contributed by atoms with Gasteiger partial charge < -0.3 is 15.2 Å². The Bertz CT molecular complexity index is 453. The number of aromatic carboxylic acids is 1. The van der Waals surface area contributed by atoms with Crippen LogP contribution in [0.5, 0.6) is 5.75 Å². The van der Waals surface area contributed by atoms with Gasteiger partial charge in [0.05, 0.1) is 18.6 Å². The van der Waals surface area contributed by atoms with Crippen molar-refractivity contribution in [2.24, 2.45) is 0 Å². The van der Waals surface area contributed by atoms with Crippen molar-refractivity contribution >= 4 is 11.9 Å². The molecule has 0 saturated carbocycles. The Morgan fingerprint density at radius 2 is 1.89 bits per heavy atom. The maximum atomic E-state index is 13.3. The molecule has 0 saturated heterocycles. The monoisotopic (exact) mass is 259 g/mol. The molecule has 1 rings (SSSR count). The van der Waals surface area contributed by atoms with E-state index in [9.17, 15) is 18.4 Å². The zero-order valence-corrected chi connectivity index (χ0v) is 9.50. The number of halogens is 2. The van der Waals surface area contributed by atoms with Crippen molar-refractivity contribution in [3.63, 3.8) is 0 Å². The maximum absolute atomic E-state index is 13.3. The number of hydrogen-bond acceptors (Lipinski definition) is 3. The van der Waals surface area contributed by atoms with Gasteiger partial charge in [-0.2, -0.15) is 0 Å². The fraction of sp³-hybridized carbons (Fsp3) is 0.273. The number of hydrogen-bond donors (Lipinski definition) is 2. The van der Waals surface area contributed by atoms with Gasteiger partial charge >= 0.3 is 5.97 Å². The summed E-state index contributed by atoms with van der Waals surface area (Å²) in [6.07, 6.45) is -0.0595. The van der Waals surface area contributed by atoms with E-state index in [0.717, 1.165) is 0 Å². The molecule has 1 aromatic carbocycles. The lowest BCUT2D eigenvalue weighted by Crippen LogP contribution is -2.20. The lowest BCUT2D eigenvalue weighted by atomic mass is 10.2. The molecule has 0 radical (unpaired) electrons. The Morgan fingerprint density at radius 1 is 1.33 bits per heavy atom. The van der Waals surface area contributed by atoms with Crippen LogP contribution in [0.2, 0.25) is 0 Å². The normalized spacial score (nSPS) is 9.94. The quantitative estimate of drug-likeness (QED) is 0.832. The number of carbonyl (C=O) groups is 2. The summed E-state index contributed by atoms with van der Waals surface area (Å²) in [4.78, 5) is 21.4. The van der Waals surface area contributed by atoms with E-state index in [1.807, 2.05) is 0 Å². The summed E-state index contributed by atoms with van der Waals surface area (Å²) >= 11 is 0. The highest BCUT2D eigenvalue weighted by atomic mass is 19.1. The first-order valence-corrected chi connectivity index (χ1v) is 5.01. The molecule has 18 heavy (non-hydrogen) atoms. The standard InChI is InChI=1S/C11H11F2NO4/c1-14-9(15)2-3-18-10-7(12)4-6(11(16)17)5-8(10)13/h4-5H,2-3H2,1H3,(H,14,15)(H,16,17). The molecule has 0 aromatic heterocycles. The summed E-state index contributed by atoms with van der Waals surface area (Å²) in [6, 6.07) is 1.31. The van der Waals surface area contributed by atoms with Crippen LogP contribution in [0.3, 0.4) is 0 Å². The molecule has 0 aliphatic rings. The topological polar surface area (TPSA) is 75.6 Å². The van der Waals surface area contributed by atoms with Crippen LogP contribution >= 0.6 is 0 Å². The van der Waals surface area contributed by atoms with Crippen molar-refractivity contribution in [1.29, 1.82) is 0 Å². The van der Waals surface area contributed by atoms with Gasteiger partial charge in [-0.15, -0.1) is 0 Å². The second-order valence-electron chi connectivity index (χ2n) is 3.35. The number of carboxylic acids is 1. The highest BCUT2D eigenvalue weighted by molar-refractivity contribution is 5.87. The van der Waals surface area contributed by atoms with Crippen LogP contribution in [0.25, 0.3) is 0 Å². The van der Waals surface area contributed by atoms with E-state index in [1.54, 1.807) is 0 Å². The second kappa shape index (κ2) is 5.95. The first-order chi connectivity index (χ1) is 8.45. The molecule has 0 unspecified atom stereocenters. The average molecular weight is 259 g/mol. The summed E-state index contributed by atoms with van der Waals surface area (Å²) in [5.74, 6) is -4.71. The number of benzene rings is 1. The van der Waals surface area contributed by atoms with Crippen LogP contribution in [-0.2, 0) is 4.79 Å². The highest BCUT2D eigenvalue weighted by Gasteiger charge is 2.16. The maximum Gasteiger partial charge on any atom is 0.335 e. The molecule has 98 valence electrons. The number of amides is 1. The summed E-state index contributed by atoms with van der Waals surface area (Å²) in [7, 11) is 1.42. The molecule has 0 aliphatic carbocycles. The summed E-state index contributed by atoms with van der Waals surface area (Å²) < 4.78 is 31.5. The van der Waals surface area contributed by atoms with Crippen LogP contribution in [0.4, 0.5) is 8.78 Å². The molecule has 0 heterocycles. The van der Waals surface area contributed by atoms with E-state index in [4.69, 9.17) is 9.84 Å². The van der Waals surface area contributed by atoms with Gasteiger partial charge in [-0.05, 0) is 12.1 Å². The fourth-order valence-corrected chi connectivity index (χ4v) is 1.19. The van der Waals surface area contributed by atoms with Crippen LogP contribution in [0, 0.1) is 11.6 Å². The van der Waals surface area contributed by atoms with Crippen molar-refractivity contribution in [2.75, 3.05) is 13.7 Å².